The quantitative estimate of drug-likeness (QED) is 0.785. The molecule has 2 aromatic rings. The van der Waals surface area contributed by atoms with Gasteiger partial charge < -0.3 is 9.30 Å². The average molecular weight is 334 g/mol. The van der Waals surface area contributed by atoms with Crippen molar-refractivity contribution >= 4 is 17.9 Å². The Hall–Kier alpha value is -2.02. The van der Waals surface area contributed by atoms with Gasteiger partial charge in [-0.15, -0.1) is 0 Å². The number of nitrogens with zero attached hydrogens (tertiary/aromatic N) is 3. The summed E-state index contributed by atoms with van der Waals surface area (Å²) in [6.45, 7) is 4.17. The Morgan fingerprint density at radius 1 is 1.39 bits per heavy atom. The fourth-order valence-electron chi connectivity index (χ4n) is 2.25. The molecule has 23 heavy (non-hydrogen) atoms. The molecule has 1 N–H and O–H groups in total. The van der Waals surface area contributed by atoms with Crippen LogP contribution in [0, 0.1) is 0 Å². The lowest BCUT2D eigenvalue weighted by Crippen LogP contribution is -2.18. The van der Waals surface area contributed by atoms with Crippen LogP contribution in [0.1, 0.15) is 25.8 Å². The van der Waals surface area contributed by atoms with Gasteiger partial charge >= 0.3 is 0 Å². The molecule has 2 heterocycles. The molecule has 0 saturated heterocycles. The molecule has 0 bridgehead atoms. The smallest absolute Gasteiger partial charge is 0.292 e. The number of anilines is 1. The van der Waals surface area contributed by atoms with Crippen LogP contribution in [0.15, 0.2) is 23.3 Å². The number of rotatable bonds is 7. The predicted molar refractivity (Wildman–Crippen MR) is 95.0 cm³/mol. The summed E-state index contributed by atoms with van der Waals surface area (Å²) in [5.74, 6) is 1.80. The largest absolute Gasteiger partial charge is 0.491 e. The Morgan fingerprint density at radius 3 is 2.83 bits per heavy atom. The average Bonchev–Trinajstić information content (AvgIpc) is 2.56. The molecule has 0 unspecified atom stereocenters. The number of hydrogen-bond acceptors (Lipinski definition) is 6. The third-order valence-electron chi connectivity index (χ3n) is 3.34. The van der Waals surface area contributed by atoms with Crippen molar-refractivity contribution in [3.05, 3.63) is 34.4 Å². The van der Waals surface area contributed by atoms with E-state index >= 15 is 0 Å². The Kier molecular flexibility index (Phi) is 6.04. The first kappa shape index (κ1) is 17.3. The molecule has 0 spiro atoms. The second kappa shape index (κ2) is 8.01. The fraction of sp³-hybridized carbons (Fsp3) is 0.438. The van der Waals surface area contributed by atoms with Gasteiger partial charge in [-0.1, -0.05) is 32.2 Å². The number of aryl methyl sites for hydroxylation is 2. The van der Waals surface area contributed by atoms with E-state index in [1.165, 1.54) is 11.7 Å². The van der Waals surface area contributed by atoms with Gasteiger partial charge in [0.15, 0.2) is 5.75 Å². The molecule has 6 nitrogen and oxygen atoms in total. The minimum Gasteiger partial charge on any atom is -0.491 e. The van der Waals surface area contributed by atoms with Crippen LogP contribution < -0.4 is 15.0 Å². The summed E-state index contributed by atoms with van der Waals surface area (Å²) < 4.78 is 9.82. The van der Waals surface area contributed by atoms with Crippen molar-refractivity contribution < 1.29 is 4.74 Å². The van der Waals surface area contributed by atoms with Gasteiger partial charge in [0.2, 0.25) is 5.95 Å². The summed E-state index contributed by atoms with van der Waals surface area (Å²) in [5.41, 5.74) is 2.57. The van der Waals surface area contributed by atoms with Gasteiger partial charge in [0.25, 0.3) is 5.56 Å². The SMILES string of the molecule is CCCc1cnc(NSCC)nc1-c1cc(OC)c(=O)n(C)c1. The maximum absolute atomic E-state index is 12.0. The van der Waals surface area contributed by atoms with E-state index in [9.17, 15) is 4.79 Å². The Labute approximate surface area is 140 Å². The molecular weight excluding hydrogens is 312 g/mol. The Morgan fingerprint density at radius 2 is 2.17 bits per heavy atom. The third kappa shape index (κ3) is 4.04. The van der Waals surface area contributed by atoms with Gasteiger partial charge in [-0.2, -0.15) is 0 Å². The van der Waals surface area contributed by atoms with E-state index in [0.29, 0.717) is 11.7 Å². The molecule has 0 aromatic carbocycles. The van der Waals surface area contributed by atoms with Crippen LogP contribution in [0.4, 0.5) is 5.95 Å². The molecule has 2 aromatic heterocycles. The van der Waals surface area contributed by atoms with Crippen LogP contribution >= 0.6 is 11.9 Å². The van der Waals surface area contributed by atoms with Gasteiger partial charge in [-0.3, -0.25) is 9.52 Å². The first-order valence-electron chi connectivity index (χ1n) is 7.59. The highest BCUT2D eigenvalue weighted by Crippen LogP contribution is 2.25. The standard InChI is InChI=1S/C16H22N4O2S/c1-5-7-11-9-17-16(19-23-6-2)18-14(11)12-8-13(22-4)15(21)20(3)10-12/h8-10H,5-7H2,1-4H3,(H,17,18,19). The minimum absolute atomic E-state index is 0.165. The molecule has 0 saturated carbocycles. The number of aromatic nitrogens is 3. The summed E-state index contributed by atoms with van der Waals surface area (Å²) >= 11 is 1.54. The fourth-order valence-corrected chi connectivity index (χ4v) is 2.62. The topological polar surface area (TPSA) is 69.0 Å². The van der Waals surface area contributed by atoms with E-state index < -0.39 is 0 Å². The predicted octanol–water partition coefficient (Wildman–Crippen LogP) is 2.88. The lowest BCUT2D eigenvalue weighted by molar-refractivity contribution is 0.405. The van der Waals surface area contributed by atoms with Crippen LogP contribution in [-0.2, 0) is 13.5 Å². The zero-order valence-electron chi connectivity index (χ0n) is 13.9. The lowest BCUT2D eigenvalue weighted by atomic mass is 10.1. The highest BCUT2D eigenvalue weighted by Gasteiger charge is 2.13. The first-order chi connectivity index (χ1) is 11.1. The second-order valence-electron chi connectivity index (χ2n) is 5.07. The molecule has 7 heteroatoms. The second-order valence-corrected chi connectivity index (χ2v) is 6.14. The lowest BCUT2D eigenvalue weighted by Gasteiger charge is -2.12. The third-order valence-corrected chi connectivity index (χ3v) is 3.95. The maximum Gasteiger partial charge on any atom is 0.292 e. The Bertz CT molecular complexity index is 731. The zero-order chi connectivity index (χ0) is 16.8. The van der Waals surface area contributed by atoms with Crippen LogP contribution in [0.2, 0.25) is 0 Å². The van der Waals surface area contributed by atoms with Gasteiger partial charge in [0.1, 0.15) is 0 Å². The monoisotopic (exact) mass is 334 g/mol. The van der Waals surface area contributed by atoms with E-state index in [2.05, 4.69) is 28.5 Å². The van der Waals surface area contributed by atoms with Crippen molar-refractivity contribution in [1.82, 2.24) is 14.5 Å². The van der Waals surface area contributed by atoms with Crippen LogP contribution in [0.25, 0.3) is 11.3 Å². The highest BCUT2D eigenvalue weighted by molar-refractivity contribution is 8.00. The summed E-state index contributed by atoms with van der Waals surface area (Å²) in [6.07, 6.45) is 5.50. The van der Waals surface area contributed by atoms with Crippen LogP contribution in [0.3, 0.4) is 0 Å². The maximum atomic E-state index is 12.0. The molecule has 0 aliphatic carbocycles. The highest BCUT2D eigenvalue weighted by atomic mass is 32.2. The molecule has 0 atom stereocenters. The van der Waals surface area contributed by atoms with Crippen LogP contribution in [0.5, 0.6) is 5.75 Å². The van der Waals surface area contributed by atoms with E-state index in [1.54, 1.807) is 31.3 Å². The molecule has 0 radical (unpaired) electrons. The number of methoxy groups -OCH3 is 1. The van der Waals surface area contributed by atoms with Crippen molar-refractivity contribution in [3.8, 4) is 17.0 Å². The van der Waals surface area contributed by atoms with Crippen molar-refractivity contribution in [3.63, 3.8) is 0 Å². The zero-order valence-corrected chi connectivity index (χ0v) is 14.7. The summed E-state index contributed by atoms with van der Waals surface area (Å²) in [4.78, 5) is 21.0. The van der Waals surface area contributed by atoms with Crippen molar-refractivity contribution in [2.24, 2.45) is 7.05 Å². The molecule has 124 valence electrons. The molecule has 0 amide bonds. The van der Waals surface area contributed by atoms with E-state index in [0.717, 1.165) is 35.4 Å². The molecule has 2 rings (SSSR count). The molecule has 0 aliphatic heterocycles. The van der Waals surface area contributed by atoms with E-state index in [-0.39, 0.29) is 5.56 Å². The number of nitrogens with one attached hydrogen (secondary N) is 1. The summed E-state index contributed by atoms with van der Waals surface area (Å²) in [7, 11) is 3.21. The Balaban J connectivity index is 2.54. The van der Waals surface area contributed by atoms with Crippen molar-refractivity contribution in [2.75, 3.05) is 17.6 Å². The van der Waals surface area contributed by atoms with Gasteiger partial charge in [0, 0.05) is 30.8 Å². The van der Waals surface area contributed by atoms with Crippen LogP contribution in [-0.4, -0.2) is 27.4 Å². The summed E-state index contributed by atoms with van der Waals surface area (Å²) in [6, 6.07) is 1.74. The van der Waals surface area contributed by atoms with Gasteiger partial charge in [-0.25, -0.2) is 9.97 Å². The molecular formula is C16H22N4O2S. The van der Waals surface area contributed by atoms with Gasteiger partial charge in [0.05, 0.1) is 12.8 Å². The molecule has 0 fully saturated rings. The van der Waals surface area contributed by atoms with E-state index in [4.69, 9.17) is 4.74 Å². The normalized spacial score (nSPS) is 10.6. The molecule has 0 aliphatic rings. The number of hydrogen-bond donors (Lipinski definition) is 1. The first-order valence-corrected chi connectivity index (χ1v) is 8.58. The van der Waals surface area contributed by atoms with Crippen molar-refractivity contribution in [1.29, 1.82) is 0 Å². The van der Waals surface area contributed by atoms with E-state index in [1.807, 2.05) is 6.20 Å². The number of ether oxygens (including phenoxy) is 1. The van der Waals surface area contributed by atoms with Gasteiger partial charge in [-0.05, 0) is 18.1 Å². The number of pyridine rings is 1. The summed E-state index contributed by atoms with van der Waals surface area (Å²) in [5, 5.41) is 0. The van der Waals surface area contributed by atoms with Crippen molar-refractivity contribution in [2.45, 2.75) is 26.7 Å². The minimum atomic E-state index is -0.165.